The van der Waals surface area contributed by atoms with Crippen molar-refractivity contribution in [1.82, 2.24) is 20.3 Å². The van der Waals surface area contributed by atoms with Gasteiger partial charge in [-0.25, -0.2) is 0 Å². The maximum atomic E-state index is 12.3. The number of anilines is 1. The van der Waals surface area contributed by atoms with Crippen molar-refractivity contribution < 1.29 is 9.53 Å². The molecule has 1 heterocycles. The van der Waals surface area contributed by atoms with Crippen LogP contribution in [-0.2, 0) is 11.2 Å². The van der Waals surface area contributed by atoms with Gasteiger partial charge in [0.2, 0.25) is 0 Å². The fraction of sp³-hybridized carbons (Fsp3) is 0.286. The van der Waals surface area contributed by atoms with E-state index in [1.165, 1.54) is 18.4 Å². The van der Waals surface area contributed by atoms with Crippen LogP contribution in [0.25, 0.3) is 16.7 Å². The molecular formula is C28H31N5O2S. The number of nitrogens with zero attached hydrogens (tertiary/aromatic N) is 3. The van der Waals surface area contributed by atoms with Crippen molar-refractivity contribution in [1.29, 1.82) is 0 Å². The number of carbonyl (C=O) groups excluding carboxylic acids is 1. The Labute approximate surface area is 216 Å². The minimum Gasteiger partial charge on any atom is -0.483 e. The Hall–Kier alpha value is -3.78. The molecule has 4 rings (SSSR count). The van der Waals surface area contributed by atoms with E-state index >= 15 is 0 Å². The molecule has 8 heteroatoms. The SMILES string of the molecule is CCCCc1ccc(-n2nc3cc(C)c(NC(=S)NC(=O)COc4ccc(C)cc4C)cc3n2)cc1. The molecule has 36 heavy (non-hydrogen) atoms. The fourth-order valence-corrected chi connectivity index (χ4v) is 4.14. The first-order chi connectivity index (χ1) is 17.3. The number of nitrogens with one attached hydrogen (secondary N) is 2. The summed E-state index contributed by atoms with van der Waals surface area (Å²) < 4.78 is 5.64. The molecule has 0 fully saturated rings. The van der Waals surface area contributed by atoms with Crippen molar-refractivity contribution in [3.63, 3.8) is 0 Å². The molecule has 1 aromatic heterocycles. The van der Waals surface area contributed by atoms with Crippen LogP contribution in [-0.4, -0.2) is 32.6 Å². The first-order valence-corrected chi connectivity index (χ1v) is 12.5. The predicted octanol–water partition coefficient (Wildman–Crippen LogP) is 5.58. The number of fused-ring (bicyclic) bond motifs is 1. The number of carbonyl (C=O) groups is 1. The molecule has 0 saturated carbocycles. The third-order valence-electron chi connectivity index (χ3n) is 5.90. The van der Waals surface area contributed by atoms with Gasteiger partial charge in [-0.1, -0.05) is 43.2 Å². The van der Waals surface area contributed by atoms with E-state index in [1.807, 2.05) is 63.2 Å². The third-order valence-corrected chi connectivity index (χ3v) is 6.11. The first-order valence-electron chi connectivity index (χ1n) is 12.1. The standard InChI is InChI=1S/C28H31N5O2S/c1-5-6-7-21-9-11-22(12-10-21)33-31-24-15-19(3)23(16-25(24)32-33)29-28(36)30-27(34)17-35-26-13-8-18(2)14-20(26)4/h8-16H,5-7,17H2,1-4H3,(H2,29,30,34,36). The van der Waals surface area contributed by atoms with E-state index in [1.54, 1.807) is 4.80 Å². The highest BCUT2D eigenvalue weighted by molar-refractivity contribution is 7.80. The van der Waals surface area contributed by atoms with Crippen LogP contribution in [0.15, 0.2) is 54.6 Å². The quantitative estimate of drug-likeness (QED) is 0.307. The molecule has 186 valence electrons. The van der Waals surface area contributed by atoms with E-state index < -0.39 is 0 Å². The van der Waals surface area contributed by atoms with Crippen molar-refractivity contribution in [2.75, 3.05) is 11.9 Å². The van der Waals surface area contributed by atoms with Crippen LogP contribution in [0.4, 0.5) is 5.69 Å². The molecule has 0 saturated heterocycles. The first kappa shape index (κ1) is 25.3. The number of amides is 1. The minimum absolute atomic E-state index is 0.130. The van der Waals surface area contributed by atoms with E-state index in [0.29, 0.717) is 5.75 Å². The molecule has 0 bridgehead atoms. The Kier molecular flexibility index (Phi) is 7.95. The summed E-state index contributed by atoms with van der Waals surface area (Å²) in [6.45, 7) is 7.98. The lowest BCUT2D eigenvalue weighted by atomic mass is 10.1. The van der Waals surface area contributed by atoms with Crippen molar-refractivity contribution in [2.24, 2.45) is 0 Å². The molecule has 7 nitrogen and oxygen atoms in total. The Morgan fingerprint density at radius 1 is 0.972 bits per heavy atom. The van der Waals surface area contributed by atoms with Crippen LogP contribution >= 0.6 is 12.2 Å². The van der Waals surface area contributed by atoms with Gasteiger partial charge in [0.05, 0.1) is 5.69 Å². The number of hydrogen-bond donors (Lipinski definition) is 2. The van der Waals surface area contributed by atoms with Crippen molar-refractivity contribution in [3.8, 4) is 11.4 Å². The molecular weight excluding hydrogens is 470 g/mol. The number of aryl methyl sites for hydroxylation is 4. The number of ether oxygens (including phenoxy) is 1. The van der Waals surface area contributed by atoms with E-state index in [2.05, 4.69) is 39.9 Å². The molecule has 0 aliphatic carbocycles. The van der Waals surface area contributed by atoms with Crippen LogP contribution in [0.2, 0.25) is 0 Å². The molecule has 0 unspecified atom stereocenters. The van der Waals surface area contributed by atoms with E-state index in [4.69, 9.17) is 17.0 Å². The van der Waals surface area contributed by atoms with Gasteiger partial charge in [-0.05, 0) is 92.9 Å². The van der Waals surface area contributed by atoms with Crippen molar-refractivity contribution in [3.05, 3.63) is 76.9 Å². The van der Waals surface area contributed by atoms with Gasteiger partial charge in [-0.15, -0.1) is 10.2 Å². The molecule has 1 amide bonds. The van der Waals surface area contributed by atoms with Gasteiger partial charge in [0.15, 0.2) is 11.7 Å². The van der Waals surface area contributed by atoms with Crippen LogP contribution in [0.3, 0.4) is 0 Å². The average Bonchev–Trinajstić information content (AvgIpc) is 3.25. The number of thiocarbonyl (C=S) groups is 1. The summed E-state index contributed by atoms with van der Waals surface area (Å²) in [6.07, 6.45) is 3.44. The van der Waals surface area contributed by atoms with Crippen molar-refractivity contribution in [2.45, 2.75) is 47.0 Å². The Bertz CT molecular complexity index is 1400. The Balaban J connectivity index is 1.39. The smallest absolute Gasteiger partial charge is 0.264 e. The molecule has 4 aromatic rings. The van der Waals surface area contributed by atoms with Gasteiger partial charge < -0.3 is 10.1 Å². The maximum Gasteiger partial charge on any atom is 0.264 e. The van der Waals surface area contributed by atoms with Gasteiger partial charge in [-0.2, -0.15) is 4.80 Å². The second-order valence-corrected chi connectivity index (χ2v) is 9.38. The van der Waals surface area contributed by atoms with E-state index in [9.17, 15) is 4.79 Å². The lowest BCUT2D eigenvalue weighted by Gasteiger charge is -2.13. The molecule has 2 N–H and O–H groups in total. The number of hydrogen-bond acceptors (Lipinski definition) is 5. The molecule has 0 spiro atoms. The largest absolute Gasteiger partial charge is 0.483 e. The third kappa shape index (κ3) is 6.26. The van der Waals surface area contributed by atoms with Gasteiger partial charge in [0, 0.05) is 5.69 Å². The monoisotopic (exact) mass is 501 g/mol. The lowest BCUT2D eigenvalue weighted by Crippen LogP contribution is -2.37. The summed E-state index contributed by atoms with van der Waals surface area (Å²) >= 11 is 5.35. The highest BCUT2D eigenvalue weighted by Crippen LogP contribution is 2.23. The molecule has 0 atom stereocenters. The molecule has 3 aromatic carbocycles. The zero-order valence-electron chi connectivity index (χ0n) is 21.1. The van der Waals surface area contributed by atoms with E-state index in [0.717, 1.165) is 45.5 Å². The minimum atomic E-state index is -0.334. The molecule has 0 aliphatic heterocycles. The fourth-order valence-electron chi connectivity index (χ4n) is 3.92. The zero-order valence-corrected chi connectivity index (χ0v) is 21.9. The predicted molar refractivity (Wildman–Crippen MR) is 148 cm³/mol. The van der Waals surface area contributed by atoms with Gasteiger partial charge in [0.1, 0.15) is 16.8 Å². The number of benzene rings is 3. The number of unbranched alkanes of at least 4 members (excludes halogenated alkanes) is 1. The van der Waals surface area contributed by atoms with Crippen molar-refractivity contribution >= 4 is 40.0 Å². The molecule has 0 aliphatic rings. The highest BCUT2D eigenvalue weighted by Gasteiger charge is 2.12. The number of rotatable bonds is 8. The average molecular weight is 502 g/mol. The van der Waals surface area contributed by atoms with Gasteiger partial charge in [0.25, 0.3) is 5.91 Å². The highest BCUT2D eigenvalue weighted by atomic mass is 32.1. The van der Waals surface area contributed by atoms with E-state index in [-0.39, 0.29) is 17.6 Å². The number of aromatic nitrogens is 3. The summed E-state index contributed by atoms with van der Waals surface area (Å²) in [5, 5.41) is 15.2. The molecule has 0 radical (unpaired) electrons. The zero-order chi connectivity index (χ0) is 25.7. The second-order valence-electron chi connectivity index (χ2n) is 8.98. The normalized spacial score (nSPS) is 10.9. The second kappa shape index (κ2) is 11.3. The van der Waals surface area contributed by atoms with Crippen LogP contribution in [0.1, 0.15) is 42.0 Å². The van der Waals surface area contributed by atoms with Gasteiger partial charge in [-0.3, -0.25) is 10.1 Å². The summed E-state index contributed by atoms with van der Waals surface area (Å²) in [5.74, 6) is 0.342. The summed E-state index contributed by atoms with van der Waals surface area (Å²) in [4.78, 5) is 14.0. The van der Waals surface area contributed by atoms with Crippen LogP contribution in [0, 0.1) is 20.8 Å². The lowest BCUT2D eigenvalue weighted by molar-refractivity contribution is -0.121. The summed E-state index contributed by atoms with van der Waals surface area (Å²) in [6, 6.07) is 18.0. The Morgan fingerprint density at radius 2 is 1.69 bits per heavy atom. The van der Waals surface area contributed by atoms with Crippen LogP contribution in [0.5, 0.6) is 5.75 Å². The topological polar surface area (TPSA) is 81.1 Å². The Morgan fingerprint density at radius 3 is 2.39 bits per heavy atom. The summed E-state index contributed by atoms with van der Waals surface area (Å²) in [7, 11) is 0. The maximum absolute atomic E-state index is 12.3. The van der Waals surface area contributed by atoms with Gasteiger partial charge >= 0.3 is 0 Å². The van der Waals surface area contributed by atoms with Crippen LogP contribution < -0.4 is 15.4 Å². The summed E-state index contributed by atoms with van der Waals surface area (Å²) in [5.41, 5.74) is 7.54.